The molecule has 3 unspecified atom stereocenters. The number of nitrogens with zero attached hydrogens (tertiary/aromatic N) is 2. The molecule has 2 fully saturated rings. The minimum atomic E-state index is 0.365. The van der Waals surface area contributed by atoms with Crippen LogP contribution < -0.4 is 5.73 Å². The molecule has 16 heavy (non-hydrogen) atoms. The highest BCUT2D eigenvalue weighted by molar-refractivity contribution is 5.80. The van der Waals surface area contributed by atoms with Gasteiger partial charge in [0.2, 0.25) is 0 Å². The number of fused-ring (bicyclic) bond motifs is 1. The summed E-state index contributed by atoms with van der Waals surface area (Å²) in [5.74, 6) is 2.20. The fraction of sp³-hybridized carbons (Fsp3) is 0.917. The van der Waals surface area contributed by atoms with Crippen LogP contribution in [0.2, 0.25) is 0 Å². The van der Waals surface area contributed by atoms with Gasteiger partial charge in [-0.2, -0.15) is 0 Å². The first-order chi connectivity index (χ1) is 7.74. The van der Waals surface area contributed by atoms with Gasteiger partial charge in [-0.3, -0.25) is 4.90 Å². The Morgan fingerprint density at radius 3 is 2.56 bits per heavy atom. The third-order valence-electron chi connectivity index (χ3n) is 4.32. The van der Waals surface area contributed by atoms with Crippen molar-refractivity contribution in [3.05, 3.63) is 0 Å². The van der Waals surface area contributed by atoms with Crippen molar-refractivity contribution in [1.82, 2.24) is 4.90 Å². The van der Waals surface area contributed by atoms with Crippen LogP contribution in [0.3, 0.4) is 0 Å². The monoisotopic (exact) mass is 225 g/mol. The highest BCUT2D eigenvalue weighted by Gasteiger charge is 2.38. The number of hydrogen-bond donors (Lipinski definition) is 2. The lowest BCUT2D eigenvalue weighted by atomic mass is 10.0. The fourth-order valence-electron chi connectivity index (χ4n) is 3.38. The quantitative estimate of drug-likeness (QED) is 0.331. The molecule has 0 amide bonds. The van der Waals surface area contributed by atoms with Gasteiger partial charge in [0.15, 0.2) is 0 Å². The minimum Gasteiger partial charge on any atom is -0.409 e. The Hall–Kier alpha value is -0.770. The molecule has 1 aliphatic carbocycles. The third kappa shape index (κ3) is 2.32. The van der Waals surface area contributed by atoms with E-state index in [0.717, 1.165) is 18.3 Å². The lowest BCUT2D eigenvalue weighted by Crippen LogP contribution is -2.37. The topological polar surface area (TPSA) is 61.9 Å². The molecule has 92 valence electrons. The standard InChI is InChI=1S/C12H23N3O/c1-2-11(6-12(13)14-16)15-7-9-4-3-5-10(9)8-15/h9-11,16H,2-8H2,1H3,(H2,13,14). The van der Waals surface area contributed by atoms with Crippen LogP contribution >= 0.6 is 0 Å². The van der Waals surface area contributed by atoms with E-state index in [2.05, 4.69) is 17.0 Å². The van der Waals surface area contributed by atoms with Gasteiger partial charge in [-0.25, -0.2) is 0 Å². The van der Waals surface area contributed by atoms with E-state index in [0.29, 0.717) is 18.3 Å². The van der Waals surface area contributed by atoms with Crippen LogP contribution in [0, 0.1) is 11.8 Å². The van der Waals surface area contributed by atoms with Crippen molar-refractivity contribution in [2.24, 2.45) is 22.7 Å². The Balaban J connectivity index is 1.91. The summed E-state index contributed by atoms with van der Waals surface area (Å²) in [5, 5.41) is 11.7. The average Bonchev–Trinajstić information content (AvgIpc) is 2.85. The van der Waals surface area contributed by atoms with Crippen LogP contribution in [0.25, 0.3) is 0 Å². The molecule has 1 heterocycles. The van der Waals surface area contributed by atoms with Gasteiger partial charge < -0.3 is 10.9 Å². The first kappa shape index (κ1) is 11.7. The Labute approximate surface area is 97.5 Å². The second kappa shape index (κ2) is 5.04. The van der Waals surface area contributed by atoms with Gasteiger partial charge in [-0.1, -0.05) is 18.5 Å². The van der Waals surface area contributed by atoms with Gasteiger partial charge in [-0.05, 0) is 31.1 Å². The van der Waals surface area contributed by atoms with Crippen LogP contribution in [0.5, 0.6) is 0 Å². The molecule has 1 aliphatic heterocycles. The number of rotatable bonds is 4. The zero-order valence-electron chi connectivity index (χ0n) is 10.1. The van der Waals surface area contributed by atoms with Crippen molar-refractivity contribution in [1.29, 1.82) is 0 Å². The van der Waals surface area contributed by atoms with Gasteiger partial charge in [-0.15, -0.1) is 0 Å². The van der Waals surface area contributed by atoms with E-state index in [1.54, 1.807) is 0 Å². The van der Waals surface area contributed by atoms with Crippen LogP contribution in [0.15, 0.2) is 5.16 Å². The van der Waals surface area contributed by atoms with Crippen molar-refractivity contribution >= 4 is 5.84 Å². The van der Waals surface area contributed by atoms with Crippen LogP contribution in [0.1, 0.15) is 39.0 Å². The first-order valence-electron chi connectivity index (χ1n) is 6.45. The normalized spacial score (nSPS) is 32.9. The number of likely N-dealkylation sites (tertiary alicyclic amines) is 1. The van der Waals surface area contributed by atoms with Crippen LogP contribution in [-0.4, -0.2) is 35.1 Å². The zero-order valence-corrected chi connectivity index (χ0v) is 10.1. The minimum absolute atomic E-state index is 0.365. The molecule has 0 aromatic heterocycles. The molecule has 3 atom stereocenters. The maximum atomic E-state index is 8.63. The molecule has 2 aliphatic rings. The number of oxime groups is 1. The second-order valence-electron chi connectivity index (χ2n) is 5.26. The van der Waals surface area contributed by atoms with Gasteiger partial charge in [0.1, 0.15) is 5.84 Å². The summed E-state index contributed by atoms with van der Waals surface area (Å²) in [7, 11) is 0. The SMILES string of the molecule is CCC(CC(N)=NO)N1CC2CCCC2C1. The van der Waals surface area contributed by atoms with E-state index in [4.69, 9.17) is 10.9 Å². The van der Waals surface area contributed by atoms with Gasteiger partial charge in [0.25, 0.3) is 0 Å². The van der Waals surface area contributed by atoms with E-state index in [1.807, 2.05) is 0 Å². The fourth-order valence-corrected chi connectivity index (χ4v) is 3.38. The highest BCUT2D eigenvalue weighted by Crippen LogP contribution is 2.39. The van der Waals surface area contributed by atoms with E-state index < -0.39 is 0 Å². The molecule has 2 rings (SSSR count). The summed E-state index contributed by atoms with van der Waals surface area (Å²) in [5.41, 5.74) is 5.61. The van der Waals surface area contributed by atoms with Gasteiger partial charge in [0.05, 0.1) is 0 Å². The summed E-state index contributed by atoms with van der Waals surface area (Å²) in [6, 6.07) is 0.460. The Morgan fingerprint density at radius 1 is 1.44 bits per heavy atom. The lowest BCUT2D eigenvalue weighted by Gasteiger charge is -2.27. The van der Waals surface area contributed by atoms with Gasteiger partial charge >= 0.3 is 0 Å². The number of nitrogens with two attached hydrogens (primary N) is 1. The molecule has 1 saturated heterocycles. The first-order valence-corrected chi connectivity index (χ1v) is 6.45. The molecule has 0 spiro atoms. The smallest absolute Gasteiger partial charge is 0.140 e. The van der Waals surface area contributed by atoms with E-state index in [-0.39, 0.29) is 0 Å². The highest BCUT2D eigenvalue weighted by atomic mass is 16.4. The van der Waals surface area contributed by atoms with E-state index >= 15 is 0 Å². The third-order valence-corrected chi connectivity index (χ3v) is 4.32. The van der Waals surface area contributed by atoms with Crippen LogP contribution in [0.4, 0.5) is 0 Å². The molecule has 4 nitrogen and oxygen atoms in total. The maximum absolute atomic E-state index is 8.63. The average molecular weight is 225 g/mol. The molecule has 0 radical (unpaired) electrons. The molecule has 3 N–H and O–H groups in total. The largest absolute Gasteiger partial charge is 0.409 e. The van der Waals surface area contributed by atoms with Crippen molar-refractivity contribution < 1.29 is 5.21 Å². The summed E-state index contributed by atoms with van der Waals surface area (Å²) in [6.45, 7) is 4.63. The van der Waals surface area contributed by atoms with Crippen LogP contribution in [-0.2, 0) is 0 Å². The predicted octanol–water partition coefficient (Wildman–Crippen LogP) is 1.63. The van der Waals surface area contributed by atoms with Crippen molar-refractivity contribution in [2.45, 2.75) is 45.1 Å². The van der Waals surface area contributed by atoms with Gasteiger partial charge in [0, 0.05) is 25.6 Å². The van der Waals surface area contributed by atoms with Crippen molar-refractivity contribution in [3.63, 3.8) is 0 Å². The Morgan fingerprint density at radius 2 is 2.06 bits per heavy atom. The van der Waals surface area contributed by atoms with Crippen molar-refractivity contribution in [2.75, 3.05) is 13.1 Å². The van der Waals surface area contributed by atoms with Crippen molar-refractivity contribution in [3.8, 4) is 0 Å². The summed E-state index contributed by atoms with van der Waals surface area (Å²) < 4.78 is 0. The van der Waals surface area contributed by atoms with E-state index in [1.165, 1.54) is 32.4 Å². The molecule has 1 saturated carbocycles. The summed E-state index contributed by atoms with van der Waals surface area (Å²) >= 11 is 0. The Bertz CT molecular complexity index is 255. The molecule has 0 aromatic carbocycles. The number of amidine groups is 1. The van der Waals surface area contributed by atoms with E-state index in [9.17, 15) is 0 Å². The Kier molecular flexibility index (Phi) is 3.69. The molecule has 0 bridgehead atoms. The molecule has 0 aromatic rings. The lowest BCUT2D eigenvalue weighted by molar-refractivity contribution is 0.221. The zero-order chi connectivity index (χ0) is 11.5. The predicted molar refractivity (Wildman–Crippen MR) is 64.5 cm³/mol. The molecular weight excluding hydrogens is 202 g/mol. The molecular formula is C12H23N3O. The maximum Gasteiger partial charge on any atom is 0.140 e. The number of hydrogen-bond acceptors (Lipinski definition) is 3. The second-order valence-corrected chi connectivity index (χ2v) is 5.26. The summed E-state index contributed by atoms with van der Waals surface area (Å²) in [6.07, 6.45) is 6.00. The molecule has 4 heteroatoms. The summed E-state index contributed by atoms with van der Waals surface area (Å²) in [4.78, 5) is 2.55.